The summed E-state index contributed by atoms with van der Waals surface area (Å²) in [7, 11) is -6.51. The first-order valence-electron chi connectivity index (χ1n) is 20.0. The topological polar surface area (TPSA) is 145 Å². The molecule has 0 bridgehead atoms. The lowest BCUT2D eigenvalue weighted by atomic mass is 9.93. The van der Waals surface area contributed by atoms with Crippen LogP contribution >= 0.6 is 12.4 Å². The normalized spacial score (nSPS) is 16.1. The molecular weight excluding hydrogens is 796 g/mol. The van der Waals surface area contributed by atoms with Gasteiger partial charge in [0.05, 0.1) is 43.4 Å². The number of carbonyl (C=O) groups is 2. The summed E-state index contributed by atoms with van der Waals surface area (Å²) in [6.07, 6.45) is 3.91. The highest BCUT2D eigenvalue weighted by atomic mass is 35.5. The molecule has 2 aliphatic rings. The number of hydrogen-bond donors (Lipinski definition) is 0. The maximum atomic E-state index is 12.3. The molecule has 2 fully saturated rings. The number of hydrogen-bond acceptors (Lipinski definition) is 8. The Morgan fingerprint density at radius 2 is 0.931 bits per heavy atom. The Balaban J connectivity index is 0.000000300. The van der Waals surface area contributed by atoms with Gasteiger partial charge in [-0.25, -0.2) is 26.8 Å². The van der Waals surface area contributed by atoms with Crippen molar-refractivity contribution in [2.75, 3.05) is 37.7 Å². The molecule has 2 saturated heterocycles. The number of carbonyl (C=O) groups excluding carboxylic acids is 2. The van der Waals surface area contributed by atoms with E-state index in [0.29, 0.717) is 21.6 Å². The number of fused-ring (bicyclic) bond motifs is 2. The number of sulfone groups is 2. The number of likely N-dealkylation sites (tertiary alicyclic amines) is 2. The SMILES string of the molecule is C.CCS(=O)(=O)c1ccc2c(c1)nc(C(C)(C)C)n2CC1CCN(C(C)=O)CC1.CCS(=O)(=O)c1ccc2c(c1)nc(C(C)(C)C)n2CC1CCN(C(C)=O)CC1.Cl. The second kappa shape index (κ2) is 18.8. The first-order valence-corrected chi connectivity index (χ1v) is 23.3. The lowest BCUT2D eigenvalue weighted by molar-refractivity contribution is -0.131. The predicted octanol–water partition coefficient (Wildman–Crippen LogP) is 7.83. The summed E-state index contributed by atoms with van der Waals surface area (Å²) < 4.78 is 53.6. The minimum absolute atomic E-state index is 0. The monoisotopic (exact) mass is 862 g/mol. The second-order valence-corrected chi connectivity index (χ2v) is 22.2. The van der Waals surface area contributed by atoms with Crippen LogP contribution in [0.4, 0.5) is 0 Å². The number of aromatic nitrogens is 4. The molecular formula is C43H67ClN6O6S2. The van der Waals surface area contributed by atoms with Gasteiger partial charge in [0.1, 0.15) is 11.6 Å². The van der Waals surface area contributed by atoms with Gasteiger partial charge < -0.3 is 18.9 Å². The van der Waals surface area contributed by atoms with E-state index in [-0.39, 0.29) is 54.0 Å². The molecule has 4 heterocycles. The van der Waals surface area contributed by atoms with Crippen LogP contribution in [-0.4, -0.2) is 95.2 Å². The maximum absolute atomic E-state index is 12.3. The Hall–Kier alpha value is -3.49. The first kappa shape index (κ1) is 48.9. The molecule has 324 valence electrons. The Kier molecular flexibility index (Phi) is 15.9. The molecule has 0 unspecified atom stereocenters. The van der Waals surface area contributed by atoms with Gasteiger partial charge in [0.25, 0.3) is 0 Å². The highest BCUT2D eigenvalue weighted by Crippen LogP contribution is 2.33. The van der Waals surface area contributed by atoms with E-state index in [1.165, 1.54) is 0 Å². The van der Waals surface area contributed by atoms with Crippen molar-refractivity contribution < 1.29 is 26.4 Å². The molecule has 12 nitrogen and oxygen atoms in total. The van der Waals surface area contributed by atoms with Crippen LogP contribution in [0.1, 0.15) is 114 Å². The molecule has 0 radical (unpaired) electrons. The molecule has 0 spiro atoms. The highest BCUT2D eigenvalue weighted by Gasteiger charge is 2.29. The fraction of sp³-hybridized carbons (Fsp3) is 0.628. The van der Waals surface area contributed by atoms with Crippen LogP contribution in [-0.2, 0) is 53.2 Å². The Morgan fingerprint density at radius 1 is 0.621 bits per heavy atom. The van der Waals surface area contributed by atoms with Crippen LogP contribution < -0.4 is 0 Å². The van der Waals surface area contributed by atoms with Crippen LogP contribution in [0.3, 0.4) is 0 Å². The van der Waals surface area contributed by atoms with Gasteiger partial charge in [-0.2, -0.15) is 0 Å². The number of piperidine rings is 2. The predicted molar refractivity (Wildman–Crippen MR) is 236 cm³/mol. The molecule has 6 rings (SSSR count). The zero-order valence-corrected chi connectivity index (χ0v) is 37.9. The average molecular weight is 864 g/mol. The number of rotatable bonds is 8. The molecule has 0 saturated carbocycles. The van der Waals surface area contributed by atoms with Gasteiger partial charge in [-0.05, 0) is 73.9 Å². The number of amides is 2. The van der Waals surface area contributed by atoms with Crippen molar-refractivity contribution in [1.82, 2.24) is 28.9 Å². The Bertz CT molecular complexity index is 2130. The quantitative estimate of drug-likeness (QED) is 0.174. The van der Waals surface area contributed by atoms with Crippen molar-refractivity contribution >= 4 is 66.0 Å². The molecule has 2 aromatic carbocycles. The summed E-state index contributed by atoms with van der Waals surface area (Å²) in [6, 6.07) is 10.6. The van der Waals surface area contributed by atoms with Crippen LogP contribution in [0.2, 0.25) is 0 Å². The van der Waals surface area contributed by atoms with Crippen LogP contribution in [0, 0.1) is 11.8 Å². The minimum atomic E-state index is -3.26. The highest BCUT2D eigenvalue weighted by molar-refractivity contribution is 7.91. The molecule has 2 amide bonds. The number of nitrogens with zero attached hydrogens (tertiary/aromatic N) is 6. The van der Waals surface area contributed by atoms with Gasteiger partial charge in [0.15, 0.2) is 19.7 Å². The third kappa shape index (κ3) is 11.0. The van der Waals surface area contributed by atoms with Crippen LogP contribution in [0.25, 0.3) is 22.1 Å². The molecule has 2 aromatic heterocycles. The molecule has 0 aliphatic carbocycles. The summed E-state index contributed by atoms with van der Waals surface area (Å²) in [6.45, 7) is 24.3. The van der Waals surface area contributed by atoms with Crippen molar-refractivity contribution in [3.05, 3.63) is 48.0 Å². The van der Waals surface area contributed by atoms with E-state index in [1.54, 1.807) is 52.0 Å². The fourth-order valence-corrected chi connectivity index (χ4v) is 9.63. The molecule has 15 heteroatoms. The summed E-state index contributed by atoms with van der Waals surface area (Å²) in [5, 5.41) is 0. The van der Waals surface area contributed by atoms with Gasteiger partial charge in [0.2, 0.25) is 11.8 Å². The van der Waals surface area contributed by atoms with Gasteiger partial charge in [0, 0.05) is 63.9 Å². The van der Waals surface area contributed by atoms with E-state index < -0.39 is 19.7 Å². The van der Waals surface area contributed by atoms with E-state index in [4.69, 9.17) is 9.97 Å². The zero-order chi connectivity index (χ0) is 41.4. The first-order chi connectivity index (χ1) is 26.1. The Labute approximate surface area is 353 Å². The minimum Gasteiger partial charge on any atom is -0.343 e. The van der Waals surface area contributed by atoms with Crippen molar-refractivity contribution in [1.29, 1.82) is 0 Å². The largest absolute Gasteiger partial charge is 0.343 e. The average Bonchev–Trinajstić information content (AvgIpc) is 3.70. The van der Waals surface area contributed by atoms with Gasteiger partial charge in [-0.1, -0.05) is 62.8 Å². The summed E-state index contributed by atoms with van der Waals surface area (Å²) >= 11 is 0. The van der Waals surface area contributed by atoms with Crippen molar-refractivity contribution in [2.45, 2.75) is 136 Å². The lowest BCUT2D eigenvalue weighted by Crippen LogP contribution is -2.38. The van der Waals surface area contributed by atoms with E-state index in [1.807, 2.05) is 21.9 Å². The van der Waals surface area contributed by atoms with Gasteiger partial charge in [-0.15, -0.1) is 12.4 Å². The van der Waals surface area contributed by atoms with E-state index in [9.17, 15) is 26.4 Å². The smallest absolute Gasteiger partial charge is 0.219 e. The molecule has 4 aromatic rings. The zero-order valence-electron chi connectivity index (χ0n) is 35.5. The van der Waals surface area contributed by atoms with Crippen molar-refractivity contribution in [3.8, 4) is 0 Å². The fourth-order valence-electron chi connectivity index (χ4n) is 7.83. The van der Waals surface area contributed by atoms with E-state index >= 15 is 0 Å². The molecule has 58 heavy (non-hydrogen) atoms. The standard InChI is InChI=1S/2C21H31N3O3S.CH4.ClH/c2*1-6-28(26,27)17-7-8-19-18(13-17)22-20(21(3,4)5)24(19)14-16-9-11-23(12-10-16)15(2)25;;/h2*7-8,13,16H,6,9-12,14H2,1-5H3;1H4;1H. The second-order valence-electron chi connectivity index (χ2n) is 17.6. The summed E-state index contributed by atoms with van der Waals surface area (Å²) in [4.78, 5) is 37.3. The third-order valence-electron chi connectivity index (χ3n) is 11.3. The van der Waals surface area contributed by atoms with Gasteiger partial charge >= 0.3 is 0 Å². The molecule has 2 aliphatic heterocycles. The summed E-state index contributed by atoms with van der Waals surface area (Å²) in [5.74, 6) is 3.37. The van der Waals surface area contributed by atoms with E-state index in [2.05, 4.69) is 50.7 Å². The molecule has 0 N–H and O–H groups in total. The van der Waals surface area contributed by atoms with Gasteiger partial charge in [-0.3, -0.25) is 9.59 Å². The number of benzene rings is 2. The van der Waals surface area contributed by atoms with Crippen molar-refractivity contribution in [2.24, 2.45) is 11.8 Å². The Morgan fingerprint density at radius 3 is 1.19 bits per heavy atom. The number of imidazole rings is 2. The number of halogens is 1. The summed E-state index contributed by atoms with van der Waals surface area (Å²) in [5.41, 5.74) is 3.13. The maximum Gasteiger partial charge on any atom is 0.219 e. The van der Waals surface area contributed by atoms with Crippen molar-refractivity contribution in [3.63, 3.8) is 0 Å². The van der Waals surface area contributed by atoms with Crippen LogP contribution in [0.15, 0.2) is 46.2 Å². The van der Waals surface area contributed by atoms with Crippen LogP contribution in [0.5, 0.6) is 0 Å². The lowest BCUT2D eigenvalue weighted by Gasteiger charge is -2.32. The van der Waals surface area contributed by atoms with E-state index in [0.717, 1.165) is 98.7 Å². The molecule has 0 atom stereocenters. The third-order valence-corrected chi connectivity index (χ3v) is 14.7.